The van der Waals surface area contributed by atoms with Gasteiger partial charge in [-0.25, -0.2) is 8.78 Å². The molecule has 0 fully saturated rings. The van der Waals surface area contributed by atoms with Crippen molar-refractivity contribution >= 4 is 11.8 Å². The topological polar surface area (TPSA) is 82.3 Å². The first-order valence-electron chi connectivity index (χ1n) is 9.01. The molecule has 0 spiro atoms. The Bertz CT molecular complexity index is 721. The molecule has 0 unspecified atom stereocenters. The van der Waals surface area contributed by atoms with E-state index in [-0.39, 0.29) is 24.7 Å². The molecule has 0 aliphatic carbocycles. The van der Waals surface area contributed by atoms with E-state index in [1.54, 1.807) is 24.3 Å². The Labute approximate surface area is 162 Å². The van der Waals surface area contributed by atoms with Gasteiger partial charge in [0.05, 0.1) is 0 Å². The van der Waals surface area contributed by atoms with Crippen molar-refractivity contribution in [1.82, 2.24) is 21.3 Å². The molecule has 2 amide bonds. The Hall–Kier alpha value is -2.84. The molecule has 6 nitrogen and oxygen atoms in total. The highest BCUT2D eigenvalue weighted by Crippen LogP contribution is 2.03. The molecule has 0 bridgehead atoms. The van der Waals surface area contributed by atoms with Crippen molar-refractivity contribution in [2.24, 2.45) is 0 Å². The molecule has 8 heteroatoms. The number of hydrogen-bond donors (Lipinski definition) is 4. The lowest BCUT2D eigenvalue weighted by molar-refractivity contribution is -0.139. The number of amides is 2. The highest BCUT2D eigenvalue weighted by atomic mass is 19.1. The van der Waals surface area contributed by atoms with Crippen LogP contribution < -0.4 is 21.3 Å². The average molecular weight is 390 g/mol. The maximum atomic E-state index is 13.0. The molecule has 28 heavy (non-hydrogen) atoms. The van der Waals surface area contributed by atoms with Gasteiger partial charge in [0.25, 0.3) is 0 Å². The zero-order chi connectivity index (χ0) is 20.2. The van der Waals surface area contributed by atoms with Crippen molar-refractivity contribution in [2.45, 2.75) is 13.1 Å². The van der Waals surface area contributed by atoms with Crippen LogP contribution in [-0.2, 0) is 22.7 Å². The number of hydrogen-bond acceptors (Lipinski definition) is 4. The van der Waals surface area contributed by atoms with Crippen LogP contribution in [0, 0.1) is 11.6 Å². The molecule has 150 valence electrons. The largest absolute Gasteiger partial charge is 0.347 e. The molecule has 0 saturated carbocycles. The average Bonchev–Trinajstić information content (AvgIpc) is 2.67. The summed E-state index contributed by atoms with van der Waals surface area (Å²) in [6.45, 7) is 2.39. The summed E-state index contributed by atoms with van der Waals surface area (Å²) in [6.07, 6.45) is 0. The highest BCUT2D eigenvalue weighted by molar-refractivity contribution is 6.35. The predicted octanol–water partition coefficient (Wildman–Crippen LogP) is 1.08. The molecular formula is C20H24F2N4O2. The molecule has 0 aromatic heterocycles. The third-order valence-electron chi connectivity index (χ3n) is 3.82. The molecule has 4 N–H and O–H groups in total. The van der Waals surface area contributed by atoms with E-state index < -0.39 is 11.8 Å². The van der Waals surface area contributed by atoms with Gasteiger partial charge in [0.1, 0.15) is 11.6 Å². The standard InChI is InChI=1S/C20H24F2N4O2/c21-17-5-1-3-15(11-17)13-23-7-9-25-19(27)20(28)26-10-8-24-14-16-4-2-6-18(22)12-16/h1-6,11-12,23-24H,7-10,13-14H2,(H,25,27)(H,26,28). The molecule has 0 atom stereocenters. The van der Waals surface area contributed by atoms with Crippen LogP contribution in [0.3, 0.4) is 0 Å². The zero-order valence-electron chi connectivity index (χ0n) is 15.4. The second kappa shape index (κ2) is 11.8. The molecule has 0 aliphatic rings. The Morgan fingerprint density at radius 3 is 1.50 bits per heavy atom. The minimum atomic E-state index is -0.710. The lowest BCUT2D eigenvalue weighted by Crippen LogP contribution is -2.43. The first-order valence-corrected chi connectivity index (χ1v) is 9.01. The Morgan fingerprint density at radius 2 is 1.11 bits per heavy atom. The van der Waals surface area contributed by atoms with Crippen LogP contribution in [0.25, 0.3) is 0 Å². The van der Waals surface area contributed by atoms with Gasteiger partial charge in [0, 0.05) is 39.3 Å². The van der Waals surface area contributed by atoms with E-state index in [2.05, 4.69) is 21.3 Å². The predicted molar refractivity (Wildman–Crippen MR) is 102 cm³/mol. The Morgan fingerprint density at radius 1 is 0.679 bits per heavy atom. The van der Waals surface area contributed by atoms with E-state index in [0.717, 1.165) is 11.1 Å². The number of carbonyl (C=O) groups is 2. The summed E-state index contributed by atoms with van der Waals surface area (Å²) < 4.78 is 26.1. The van der Waals surface area contributed by atoms with Crippen LogP contribution in [-0.4, -0.2) is 38.0 Å². The molecule has 0 radical (unpaired) electrons. The maximum absolute atomic E-state index is 13.0. The first kappa shape index (κ1) is 21.5. The fourth-order valence-corrected chi connectivity index (χ4v) is 2.45. The quantitative estimate of drug-likeness (QED) is 0.361. The third kappa shape index (κ3) is 8.24. The van der Waals surface area contributed by atoms with Crippen molar-refractivity contribution in [1.29, 1.82) is 0 Å². The summed E-state index contributed by atoms with van der Waals surface area (Å²) >= 11 is 0. The molecule has 2 aromatic carbocycles. The first-order chi connectivity index (χ1) is 13.5. The summed E-state index contributed by atoms with van der Waals surface area (Å²) in [5.41, 5.74) is 1.60. The molecule has 2 aromatic rings. The van der Waals surface area contributed by atoms with E-state index in [1.165, 1.54) is 24.3 Å². The number of rotatable bonds is 10. The van der Waals surface area contributed by atoms with Gasteiger partial charge in [-0.05, 0) is 35.4 Å². The number of carbonyl (C=O) groups excluding carboxylic acids is 2. The van der Waals surface area contributed by atoms with E-state index in [1.807, 2.05) is 0 Å². The van der Waals surface area contributed by atoms with Gasteiger partial charge in [0.2, 0.25) is 0 Å². The van der Waals surface area contributed by atoms with Gasteiger partial charge in [-0.3, -0.25) is 9.59 Å². The van der Waals surface area contributed by atoms with Crippen LogP contribution in [0.15, 0.2) is 48.5 Å². The van der Waals surface area contributed by atoms with Crippen LogP contribution in [0.1, 0.15) is 11.1 Å². The summed E-state index contributed by atoms with van der Waals surface area (Å²) in [5.74, 6) is -2.01. The number of halogens is 2. The summed E-state index contributed by atoms with van der Waals surface area (Å²) in [7, 11) is 0. The second-order valence-electron chi connectivity index (χ2n) is 6.13. The maximum Gasteiger partial charge on any atom is 0.309 e. The third-order valence-corrected chi connectivity index (χ3v) is 3.82. The van der Waals surface area contributed by atoms with E-state index in [4.69, 9.17) is 0 Å². The molecule has 0 saturated heterocycles. The normalized spacial score (nSPS) is 10.5. The monoisotopic (exact) mass is 390 g/mol. The van der Waals surface area contributed by atoms with E-state index >= 15 is 0 Å². The van der Waals surface area contributed by atoms with Gasteiger partial charge in [-0.2, -0.15) is 0 Å². The van der Waals surface area contributed by atoms with Crippen LogP contribution >= 0.6 is 0 Å². The van der Waals surface area contributed by atoms with E-state index in [9.17, 15) is 18.4 Å². The fraction of sp³-hybridized carbons (Fsp3) is 0.300. The minimum Gasteiger partial charge on any atom is -0.347 e. The minimum absolute atomic E-state index is 0.277. The van der Waals surface area contributed by atoms with Crippen molar-refractivity contribution in [3.8, 4) is 0 Å². The fourth-order valence-electron chi connectivity index (χ4n) is 2.45. The summed E-state index contributed by atoms with van der Waals surface area (Å²) in [6, 6.07) is 12.5. The van der Waals surface area contributed by atoms with Crippen LogP contribution in [0.4, 0.5) is 8.78 Å². The lowest BCUT2D eigenvalue weighted by atomic mass is 10.2. The van der Waals surface area contributed by atoms with Gasteiger partial charge in [-0.15, -0.1) is 0 Å². The Kier molecular flexibility index (Phi) is 9.03. The smallest absolute Gasteiger partial charge is 0.309 e. The molecule has 0 aliphatic heterocycles. The van der Waals surface area contributed by atoms with Crippen LogP contribution in [0.5, 0.6) is 0 Å². The van der Waals surface area contributed by atoms with Crippen molar-refractivity contribution in [3.05, 3.63) is 71.3 Å². The second-order valence-corrected chi connectivity index (χ2v) is 6.13. The van der Waals surface area contributed by atoms with Crippen LogP contribution in [0.2, 0.25) is 0 Å². The van der Waals surface area contributed by atoms with E-state index in [0.29, 0.717) is 26.2 Å². The van der Waals surface area contributed by atoms with Gasteiger partial charge >= 0.3 is 11.8 Å². The summed E-state index contributed by atoms with van der Waals surface area (Å²) in [5, 5.41) is 11.1. The summed E-state index contributed by atoms with van der Waals surface area (Å²) in [4.78, 5) is 23.4. The molecular weight excluding hydrogens is 366 g/mol. The van der Waals surface area contributed by atoms with Crippen molar-refractivity contribution in [3.63, 3.8) is 0 Å². The Balaban J connectivity index is 1.50. The SMILES string of the molecule is O=C(NCCNCc1cccc(F)c1)C(=O)NCCNCc1cccc(F)c1. The molecule has 2 rings (SSSR count). The van der Waals surface area contributed by atoms with Gasteiger partial charge in [-0.1, -0.05) is 24.3 Å². The molecule has 0 heterocycles. The number of benzene rings is 2. The lowest BCUT2D eigenvalue weighted by Gasteiger charge is -2.08. The van der Waals surface area contributed by atoms with Crippen molar-refractivity contribution in [2.75, 3.05) is 26.2 Å². The zero-order valence-corrected chi connectivity index (χ0v) is 15.4. The van der Waals surface area contributed by atoms with Gasteiger partial charge in [0.15, 0.2) is 0 Å². The highest BCUT2D eigenvalue weighted by Gasteiger charge is 2.11. The van der Waals surface area contributed by atoms with Crippen molar-refractivity contribution < 1.29 is 18.4 Å². The van der Waals surface area contributed by atoms with Gasteiger partial charge < -0.3 is 21.3 Å². The number of nitrogens with one attached hydrogen (secondary N) is 4.